The zero-order chi connectivity index (χ0) is 12.4. The number of hydrogen-bond acceptors (Lipinski definition) is 2. The number of rotatable bonds is 5. The molecule has 0 bridgehead atoms. The summed E-state index contributed by atoms with van der Waals surface area (Å²) in [4.78, 5) is 10.7. The highest BCUT2D eigenvalue weighted by molar-refractivity contribution is 5.77. The lowest BCUT2D eigenvalue weighted by Crippen LogP contribution is -2.20. The molecule has 90 valence electrons. The molecule has 0 fully saturated rings. The molecule has 0 heterocycles. The molecular formula is C14H23NO. The molecule has 0 unspecified atom stereocenters. The lowest BCUT2D eigenvalue weighted by molar-refractivity contribution is -0.116. The highest BCUT2D eigenvalue weighted by Crippen LogP contribution is 2.04. The quantitative estimate of drug-likeness (QED) is 0.828. The molecule has 1 N–H and O–H groups in total. The summed E-state index contributed by atoms with van der Waals surface area (Å²) in [6, 6.07) is 8.47. The number of carbonyl (C=O) groups excluding carboxylic acids is 1. The van der Waals surface area contributed by atoms with E-state index < -0.39 is 0 Å². The van der Waals surface area contributed by atoms with Gasteiger partial charge in [0.25, 0.3) is 0 Å². The van der Waals surface area contributed by atoms with Gasteiger partial charge in [-0.3, -0.25) is 4.79 Å². The second-order valence-electron chi connectivity index (χ2n) is 3.48. The van der Waals surface area contributed by atoms with Crippen LogP contribution in [0.15, 0.2) is 24.3 Å². The average Bonchev–Trinajstić information content (AvgIpc) is 2.32. The Morgan fingerprint density at radius 1 is 1.12 bits per heavy atom. The third kappa shape index (κ3) is 6.36. The molecule has 0 atom stereocenters. The number of benzene rings is 1. The molecule has 0 radical (unpaired) electrons. The van der Waals surface area contributed by atoms with E-state index in [0.29, 0.717) is 6.54 Å². The van der Waals surface area contributed by atoms with Crippen molar-refractivity contribution in [1.29, 1.82) is 0 Å². The first-order valence-corrected chi connectivity index (χ1v) is 6.00. The van der Waals surface area contributed by atoms with E-state index in [2.05, 4.69) is 36.5 Å². The number of Topliss-reactive ketones (excluding diaryl/α,β-unsaturated/α-hetero) is 1. The van der Waals surface area contributed by atoms with Crippen LogP contribution in [0.2, 0.25) is 0 Å². The molecule has 1 aromatic carbocycles. The smallest absolute Gasteiger partial charge is 0.143 e. The Morgan fingerprint density at radius 3 is 2.06 bits per heavy atom. The summed E-state index contributed by atoms with van der Waals surface area (Å²) in [5.74, 6) is 0.176. The maximum atomic E-state index is 10.7. The summed E-state index contributed by atoms with van der Waals surface area (Å²) < 4.78 is 0. The monoisotopic (exact) mass is 221 g/mol. The fraction of sp³-hybridized carbons (Fsp3) is 0.500. The Bertz CT molecular complexity index is 290. The topological polar surface area (TPSA) is 29.1 Å². The first-order chi connectivity index (χ1) is 7.72. The molecule has 0 spiro atoms. The Labute approximate surface area is 99.1 Å². The van der Waals surface area contributed by atoms with E-state index in [1.165, 1.54) is 11.1 Å². The van der Waals surface area contributed by atoms with Gasteiger partial charge in [0.05, 0.1) is 6.54 Å². The third-order valence-electron chi connectivity index (χ3n) is 2.13. The minimum absolute atomic E-state index is 0.176. The SMILES string of the molecule is CC.CCc1ccc(CNCC(C)=O)cc1. The Morgan fingerprint density at radius 2 is 1.62 bits per heavy atom. The van der Waals surface area contributed by atoms with Gasteiger partial charge in [0.2, 0.25) is 0 Å². The average molecular weight is 221 g/mol. The molecule has 2 heteroatoms. The Balaban J connectivity index is 0.00000106. The molecule has 2 nitrogen and oxygen atoms in total. The molecule has 0 aromatic heterocycles. The molecule has 0 aliphatic rings. The second kappa shape index (κ2) is 9.10. The molecule has 0 amide bonds. The van der Waals surface area contributed by atoms with Gasteiger partial charge >= 0.3 is 0 Å². The van der Waals surface area contributed by atoms with Crippen molar-refractivity contribution in [2.24, 2.45) is 0 Å². The predicted octanol–water partition coefficient (Wildman–Crippen LogP) is 2.95. The maximum Gasteiger partial charge on any atom is 0.143 e. The summed E-state index contributed by atoms with van der Waals surface area (Å²) in [6.45, 7) is 8.95. The van der Waals surface area contributed by atoms with Crippen molar-refractivity contribution in [1.82, 2.24) is 5.32 Å². The van der Waals surface area contributed by atoms with Gasteiger partial charge in [-0.15, -0.1) is 0 Å². The summed E-state index contributed by atoms with van der Waals surface area (Å²) in [7, 11) is 0. The van der Waals surface area contributed by atoms with Crippen LogP contribution in [-0.4, -0.2) is 12.3 Å². The van der Waals surface area contributed by atoms with Gasteiger partial charge in [-0.25, -0.2) is 0 Å². The van der Waals surface area contributed by atoms with E-state index in [1.54, 1.807) is 6.92 Å². The van der Waals surface area contributed by atoms with E-state index in [0.717, 1.165) is 13.0 Å². The molecule has 0 saturated carbocycles. The van der Waals surface area contributed by atoms with Gasteiger partial charge in [0.1, 0.15) is 5.78 Å². The highest BCUT2D eigenvalue weighted by atomic mass is 16.1. The summed E-state index contributed by atoms with van der Waals surface area (Å²) in [6.07, 6.45) is 1.07. The highest BCUT2D eigenvalue weighted by Gasteiger charge is 1.94. The second-order valence-corrected chi connectivity index (χ2v) is 3.48. The number of carbonyl (C=O) groups is 1. The fourth-order valence-corrected chi connectivity index (χ4v) is 1.28. The maximum absolute atomic E-state index is 10.7. The lowest BCUT2D eigenvalue weighted by Gasteiger charge is -2.03. The zero-order valence-corrected chi connectivity index (χ0v) is 10.8. The number of aryl methyl sites for hydroxylation is 1. The van der Waals surface area contributed by atoms with Crippen molar-refractivity contribution in [3.63, 3.8) is 0 Å². The van der Waals surface area contributed by atoms with Crippen LogP contribution in [0.1, 0.15) is 38.8 Å². The van der Waals surface area contributed by atoms with E-state index in [9.17, 15) is 4.79 Å². The van der Waals surface area contributed by atoms with Gasteiger partial charge < -0.3 is 5.32 Å². The largest absolute Gasteiger partial charge is 0.306 e. The molecule has 16 heavy (non-hydrogen) atoms. The van der Waals surface area contributed by atoms with E-state index >= 15 is 0 Å². The minimum atomic E-state index is 0.176. The van der Waals surface area contributed by atoms with Crippen molar-refractivity contribution in [3.8, 4) is 0 Å². The number of ketones is 1. The summed E-state index contributed by atoms with van der Waals surface area (Å²) in [5, 5.41) is 3.09. The third-order valence-corrected chi connectivity index (χ3v) is 2.13. The van der Waals surface area contributed by atoms with Gasteiger partial charge in [-0.05, 0) is 24.5 Å². The first kappa shape index (κ1) is 14.8. The minimum Gasteiger partial charge on any atom is -0.306 e. The predicted molar refractivity (Wildman–Crippen MR) is 69.6 cm³/mol. The van der Waals surface area contributed by atoms with Crippen molar-refractivity contribution >= 4 is 5.78 Å². The van der Waals surface area contributed by atoms with Crippen molar-refractivity contribution in [3.05, 3.63) is 35.4 Å². The molecule has 0 aliphatic carbocycles. The summed E-state index contributed by atoms with van der Waals surface area (Å²) >= 11 is 0. The van der Waals surface area contributed by atoms with Crippen molar-refractivity contribution < 1.29 is 4.79 Å². The van der Waals surface area contributed by atoms with Crippen LogP contribution in [-0.2, 0) is 17.8 Å². The van der Waals surface area contributed by atoms with Crippen LogP contribution in [0.3, 0.4) is 0 Å². The lowest BCUT2D eigenvalue weighted by atomic mass is 10.1. The van der Waals surface area contributed by atoms with Crippen molar-refractivity contribution in [2.75, 3.05) is 6.54 Å². The Kier molecular flexibility index (Phi) is 8.45. The number of hydrogen-bond donors (Lipinski definition) is 1. The van der Waals surface area contributed by atoms with Crippen LogP contribution in [0.5, 0.6) is 0 Å². The van der Waals surface area contributed by atoms with Crippen LogP contribution in [0.25, 0.3) is 0 Å². The normalized spacial score (nSPS) is 9.25. The van der Waals surface area contributed by atoms with Gasteiger partial charge in [-0.2, -0.15) is 0 Å². The van der Waals surface area contributed by atoms with Gasteiger partial charge in [0.15, 0.2) is 0 Å². The van der Waals surface area contributed by atoms with Crippen LogP contribution >= 0.6 is 0 Å². The van der Waals surface area contributed by atoms with Gasteiger partial charge in [-0.1, -0.05) is 45.0 Å². The van der Waals surface area contributed by atoms with Crippen LogP contribution in [0.4, 0.5) is 0 Å². The van der Waals surface area contributed by atoms with Crippen molar-refractivity contribution in [2.45, 2.75) is 40.7 Å². The fourth-order valence-electron chi connectivity index (χ4n) is 1.28. The van der Waals surface area contributed by atoms with E-state index in [-0.39, 0.29) is 5.78 Å². The Hall–Kier alpha value is -1.15. The number of nitrogens with one attached hydrogen (secondary N) is 1. The molecule has 1 rings (SSSR count). The molecule has 0 aliphatic heterocycles. The zero-order valence-electron chi connectivity index (χ0n) is 10.8. The molecule has 0 saturated heterocycles. The van der Waals surface area contributed by atoms with Crippen LogP contribution < -0.4 is 5.32 Å². The standard InChI is InChI=1S/C12H17NO.C2H6/c1-3-11-4-6-12(7-5-11)9-13-8-10(2)14;1-2/h4-7,13H,3,8-9H2,1-2H3;1-2H3. The van der Waals surface area contributed by atoms with E-state index in [4.69, 9.17) is 0 Å². The summed E-state index contributed by atoms with van der Waals surface area (Å²) in [5.41, 5.74) is 2.57. The molecule has 1 aromatic rings. The van der Waals surface area contributed by atoms with Crippen LogP contribution in [0, 0.1) is 0 Å². The van der Waals surface area contributed by atoms with Gasteiger partial charge in [0, 0.05) is 6.54 Å². The first-order valence-electron chi connectivity index (χ1n) is 6.00. The molecular weight excluding hydrogens is 198 g/mol. The van der Waals surface area contributed by atoms with E-state index in [1.807, 2.05) is 13.8 Å².